The van der Waals surface area contributed by atoms with Crippen molar-refractivity contribution in [2.24, 2.45) is 0 Å². The molecule has 4 N–H and O–H groups in total. The lowest BCUT2D eigenvalue weighted by Gasteiger charge is -2.35. The molecule has 1 aromatic carbocycles. The third kappa shape index (κ3) is 6.82. The maximum Gasteiger partial charge on any atom is 0.254 e. The van der Waals surface area contributed by atoms with E-state index in [1.54, 1.807) is 43.1 Å². The highest BCUT2D eigenvalue weighted by Gasteiger charge is 2.43. The number of carbonyl (C=O) groups is 3. The second kappa shape index (κ2) is 11.7. The van der Waals surface area contributed by atoms with Gasteiger partial charge in [-0.2, -0.15) is 0 Å². The van der Waals surface area contributed by atoms with Crippen LogP contribution in [-0.4, -0.2) is 62.3 Å². The number of nitrogens with one attached hydrogen (secondary N) is 4. The third-order valence-corrected chi connectivity index (χ3v) is 7.61. The summed E-state index contributed by atoms with van der Waals surface area (Å²) in [5.74, 6) is -0.702. The number of hydrogen-bond acceptors (Lipinski definition) is 6. The number of likely N-dealkylation sites (N-methyl/N-ethyl adjacent to an activating group) is 1. The lowest BCUT2D eigenvalue weighted by molar-refractivity contribution is -0.144. The Balaban J connectivity index is 1.68. The van der Waals surface area contributed by atoms with Gasteiger partial charge in [0, 0.05) is 23.7 Å². The SMILES string of the molecule is C=CS(=O)(=O)Nc1cccc(CNC(=O)[C@@H]2CCC3CCCC[C@H](NC(=O)[C@H](C)NC)C(=O)N32)c1. The first-order valence-electron chi connectivity index (χ1n) is 12.0. The Hall–Kier alpha value is -2.92. The molecule has 0 saturated carbocycles. The molecule has 2 aliphatic rings. The van der Waals surface area contributed by atoms with E-state index in [-0.39, 0.29) is 30.3 Å². The molecule has 0 aliphatic carbocycles. The Morgan fingerprint density at radius 1 is 1.20 bits per heavy atom. The second-order valence-electron chi connectivity index (χ2n) is 9.08. The summed E-state index contributed by atoms with van der Waals surface area (Å²) in [7, 11) is -1.95. The topological polar surface area (TPSA) is 137 Å². The summed E-state index contributed by atoms with van der Waals surface area (Å²) in [5.41, 5.74) is 1.08. The molecule has 2 fully saturated rings. The van der Waals surface area contributed by atoms with Gasteiger partial charge in [0.1, 0.15) is 12.1 Å². The molecule has 2 aliphatic heterocycles. The normalized spacial score (nSPS) is 23.4. The number of fused-ring (bicyclic) bond motifs is 1. The van der Waals surface area contributed by atoms with Crippen LogP contribution in [0.2, 0.25) is 0 Å². The van der Waals surface area contributed by atoms with Crippen molar-refractivity contribution in [2.45, 2.75) is 76.2 Å². The highest BCUT2D eigenvalue weighted by atomic mass is 32.2. The summed E-state index contributed by atoms with van der Waals surface area (Å²) < 4.78 is 25.8. The predicted molar refractivity (Wildman–Crippen MR) is 134 cm³/mol. The maximum atomic E-state index is 13.5. The predicted octanol–water partition coefficient (Wildman–Crippen LogP) is 1.21. The zero-order chi connectivity index (χ0) is 25.6. The molecular formula is C24H35N5O5S. The van der Waals surface area contributed by atoms with E-state index in [2.05, 4.69) is 27.3 Å². The highest BCUT2D eigenvalue weighted by molar-refractivity contribution is 7.95. The van der Waals surface area contributed by atoms with Gasteiger partial charge in [0.25, 0.3) is 10.0 Å². The van der Waals surface area contributed by atoms with Crippen molar-refractivity contribution in [2.75, 3.05) is 11.8 Å². The van der Waals surface area contributed by atoms with Gasteiger partial charge in [-0.05, 0) is 57.4 Å². The van der Waals surface area contributed by atoms with Gasteiger partial charge in [-0.3, -0.25) is 19.1 Å². The quantitative estimate of drug-likeness (QED) is 0.398. The molecular weight excluding hydrogens is 470 g/mol. The molecule has 1 unspecified atom stereocenters. The van der Waals surface area contributed by atoms with Gasteiger partial charge in [0.15, 0.2) is 0 Å². The van der Waals surface area contributed by atoms with E-state index in [9.17, 15) is 22.8 Å². The van der Waals surface area contributed by atoms with Gasteiger partial charge in [-0.25, -0.2) is 8.42 Å². The highest BCUT2D eigenvalue weighted by Crippen LogP contribution is 2.31. The average Bonchev–Trinajstić information content (AvgIpc) is 3.25. The largest absolute Gasteiger partial charge is 0.350 e. The van der Waals surface area contributed by atoms with E-state index in [1.807, 2.05) is 0 Å². The van der Waals surface area contributed by atoms with Crippen molar-refractivity contribution >= 4 is 33.4 Å². The molecule has 3 rings (SSSR count). The molecule has 0 aromatic heterocycles. The van der Waals surface area contributed by atoms with Gasteiger partial charge in [-0.15, -0.1) is 0 Å². The lowest BCUT2D eigenvalue weighted by Crippen LogP contribution is -2.57. The average molecular weight is 506 g/mol. The molecule has 11 heteroatoms. The molecule has 4 atom stereocenters. The van der Waals surface area contributed by atoms with Crippen LogP contribution < -0.4 is 20.7 Å². The third-order valence-electron chi connectivity index (χ3n) is 6.65. The van der Waals surface area contributed by atoms with Crippen molar-refractivity contribution in [3.05, 3.63) is 41.8 Å². The molecule has 2 saturated heterocycles. The van der Waals surface area contributed by atoms with Crippen LogP contribution in [0, 0.1) is 0 Å². The fourth-order valence-electron chi connectivity index (χ4n) is 4.61. The molecule has 10 nitrogen and oxygen atoms in total. The van der Waals surface area contributed by atoms with E-state index in [1.165, 1.54) is 0 Å². The summed E-state index contributed by atoms with van der Waals surface area (Å²) >= 11 is 0. The van der Waals surface area contributed by atoms with Crippen LogP contribution in [0.4, 0.5) is 5.69 Å². The fraction of sp³-hybridized carbons (Fsp3) is 0.542. The van der Waals surface area contributed by atoms with E-state index in [0.29, 0.717) is 24.1 Å². The fourth-order valence-corrected chi connectivity index (χ4v) is 5.15. The number of carbonyl (C=O) groups excluding carboxylic acids is 3. The number of sulfonamides is 1. The smallest absolute Gasteiger partial charge is 0.254 e. The number of benzene rings is 1. The molecule has 2 heterocycles. The first-order chi connectivity index (χ1) is 16.6. The first kappa shape index (κ1) is 26.7. The van der Waals surface area contributed by atoms with Crippen molar-refractivity contribution in [3.8, 4) is 0 Å². The first-order valence-corrected chi connectivity index (χ1v) is 13.5. The molecule has 35 heavy (non-hydrogen) atoms. The van der Waals surface area contributed by atoms with E-state index < -0.39 is 28.1 Å². The van der Waals surface area contributed by atoms with Crippen molar-refractivity contribution in [1.29, 1.82) is 0 Å². The van der Waals surface area contributed by atoms with Crippen LogP contribution in [0.3, 0.4) is 0 Å². The van der Waals surface area contributed by atoms with Crippen molar-refractivity contribution in [1.82, 2.24) is 20.9 Å². The summed E-state index contributed by atoms with van der Waals surface area (Å²) in [5, 5.41) is 9.45. The van der Waals surface area contributed by atoms with E-state index in [4.69, 9.17) is 0 Å². The summed E-state index contributed by atoms with van der Waals surface area (Å²) in [6.45, 7) is 5.19. The van der Waals surface area contributed by atoms with Gasteiger partial charge >= 0.3 is 0 Å². The number of hydrogen-bond donors (Lipinski definition) is 4. The Labute approximate surface area is 207 Å². The van der Waals surface area contributed by atoms with Gasteiger partial charge in [0.2, 0.25) is 17.7 Å². The van der Waals surface area contributed by atoms with Crippen LogP contribution in [0.15, 0.2) is 36.3 Å². The van der Waals surface area contributed by atoms with E-state index >= 15 is 0 Å². The van der Waals surface area contributed by atoms with Crippen LogP contribution in [-0.2, 0) is 31.0 Å². The minimum absolute atomic E-state index is 0.0173. The zero-order valence-corrected chi connectivity index (χ0v) is 21.1. The van der Waals surface area contributed by atoms with Gasteiger partial charge in [-0.1, -0.05) is 31.6 Å². The van der Waals surface area contributed by atoms with Crippen molar-refractivity contribution in [3.63, 3.8) is 0 Å². The molecule has 1 aromatic rings. The molecule has 0 radical (unpaired) electrons. The van der Waals surface area contributed by atoms with Gasteiger partial charge < -0.3 is 20.9 Å². The van der Waals surface area contributed by atoms with Crippen LogP contribution in [0.5, 0.6) is 0 Å². The Bertz CT molecular complexity index is 1060. The standard InChI is InChI=1S/C24H35N5O5S/c1-4-35(33,34)28-18-9-7-8-17(14-18)15-26-23(31)21-13-12-19-10-5-6-11-20(24(32)29(19)21)27-22(30)16(2)25-3/h4,7-9,14,16,19-21,25,28H,1,5-6,10-13,15H2,2-3H3,(H,26,31)(H,27,30)/t16-,19?,20-,21-/m0/s1. The number of nitrogens with zero attached hydrogens (tertiary/aromatic N) is 1. The lowest BCUT2D eigenvalue weighted by atomic mass is 9.98. The Kier molecular flexibility index (Phi) is 8.90. The van der Waals surface area contributed by atoms with Crippen molar-refractivity contribution < 1.29 is 22.8 Å². The van der Waals surface area contributed by atoms with Crippen LogP contribution in [0.25, 0.3) is 0 Å². The number of amides is 3. The molecule has 0 spiro atoms. The minimum Gasteiger partial charge on any atom is -0.350 e. The zero-order valence-electron chi connectivity index (χ0n) is 20.2. The van der Waals surface area contributed by atoms with E-state index in [0.717, 1.165) is 31.1 Å². The summed E-state index contributed by atoms with van der Waals surface area (Å²) in [6.07, 6.45) is 4.48. The molecule has 3 amide bonds. The number of rotatable bonds is 9. The van der Waals surface area contributed by atoms with Crippen LogP contribution in [0.1, 0.15) is 51.0 Å². The Morgan fingerprint density at radius 3 is 2.66 bits per heavy atom. The molecule has 0 bridgehead atoms. The minimum atomic E-state index is -3.63. The summed E-state index contributed by atoms with van der Waals surface area (Å²) in [4.78, 5) is 40.7. The number of anilines is 1. The van der Waals surface area contributed by atoms with Crippen LogP contribution >= 0.6 is 0 Å². The summed E-state index contributed by atoms with van der Waals surface area (Å²) in [6, 6.07) is 5.02. The monoisotopic (exact) mass is 505 g/mol. The Morgan fingerprint density at radius 2 is 1.94 bits per heavy atom. The maximum absolute atomic E-state index is 13.5. The molecule has 192 valence electrons. The second-order valence-corrected chi connectivity index (χ2v) is 10.7. The van der Waals surface area contributed by atoms with Gasteiger partial charge in [0.05, 0.1) is 6.04 Å².